The van der Waals surface area contributed by atoms with Gasteiger partial charge in [0.2, 0.25) is 0 Å². The van der Waals surface area contributed by atoms with Crippen LogP contribution in [0.15, 0.2) is 57.8 Å². The molecule has 164 valence electrons. The normalized spacial score (nSPS) is 18.6. The van der Waals surface area contributed by atoms with Crippen molar-refractivity contribution in [3.05, 3.63) is 53.6 Å². The maximum atomic E-state index is 11.1. The minimum atomic E-state index is -4.05. The lowest BCUT2D eigenvalue weighted by molar-refractivity contribution is -0.145. The van der Waals surface area contributed by atoms with Crippen LogP contribution in [0.5, 0.6) is 0 Å². The maximum absolute atomic E-state index is 11.1. The van der Waals surface area contributed by atoms with Crippen molar-refractivity contribution in [1.29, 1.82) is 0 Å². The average Bonchev–Trinajstić information content (AvgIpc) is 3.06. The van der Waals surface area contributed by atoms with Crippen LogP contribution in [0.2, 0.25) is 0 Å². The summed E-state index contributed by atoms with van der Waals surface area (Å²) in [5.74, 6) is -1.91. The second kappa shape index (κ2) is 9.74. The van der Waals surface area contributed by atoms with Gasteiger partial charge >= 0.3 is 22.1 Å². The second-order valence-electron chi connectivity index (χ2n) is 7.25. The Morgan fingerprint density at radius 2 is 1.77 bits per heavy atom. The number of benzene rings is 1. The van der Waals surface area contributed by atoms with Gasteiger partial charge < -0.3 is 10.2 Å². The Balaban J connectivity index is 0.000000295. The Labute approximate surface area is 184 Å². The molecule has 0 fully saturated rings. The van der Waals surface area contributed by atoms with Crippen molar-refractivity contribution in [2.24, 2.45) is 11.3 Å². The van der Waals surface area contributed by atoms with E-state index in [-0.39, 0.29) is 34.5 Å². The molecule has 1 atom stereocenters. The monoisotopic (exact) mass is 474 g/mol. The first-order valence-corrected chi connectivity index (χ1v) is 11.0. The van der Waals surface area contributed by atoms with Crippen molar-refractivity contribution in [2.75, 3.05) is 0 Å². The van der Waals surface area contributed by atoms with Crippen LogP contribution in [-0.4, -0.2) is 35.1 Å². The Morgan fingerprint density at radius 3 is 2.23 bits per heavy atom. The summed E-state index contributed by atoms with van der Waals surface area (Å²) >= 11 is 1.07. The number of allylic oxidation sites excluding steroid dienone is 2. The number of carboxylic acid groups (broad SMARTS) is 2. The number of carbonyl (C=O) groups is 2. The van der Waals surface area contributed by atoms with Crippen LogP contribution in [0.4, 0.5) is 0 Å². The smallest absolute Gasteiger partial charge is 0.331 e. The number of hydrogen-bond donors (Lipinski definition) is 3. The highest BCUT2D eigenvalue weighted by Crippen LogP contribution is 2.36. The van der Waals surface area contributed by atoms with E-state index < -0.39 is 27.5 Å². The van der Waals surface area contributed by atoms with Gasteiger partial charge in [-0.3, -0.25) is 9.35 Å². The molecule has 0 saturated heterocycles. The molecule has 7 nitrogen and oxygen atoms in total. The van der Waals surface area contributed by atoms with Gasteiger partial charge in [-0.15, -0.1) is 23.7 Å². The van der Waals surface area contributed by atoms with Crippen LogP contribution < -0.4 is 0 Å². The van der Waals surface area contributed by atoms with E-state index in [1.807, 2.05) is 32.0 Å². The summed E-state index contributed by atoms with van der Waals surface area (Å²) in [7, 11) is -4.05. The van der Waals surface area contributed by atoms with Gasteiger partial charge in [0.1, 0.15) is 4.21 Å². The number of halogens is 1. The highest BCUT2D eigenvalue weighted by Gasteiger charge is 2.36. The SMILES string of the molecule is CC(C)C1=CC(C)(C(=O)O)CC(C(=O)O)=C1.Cl.O=S(=O)(O)c1cc2ccccc2s1. The predicted molar refractivity (Wildman–Crippen MR) is 118 cm³/mol. The lowest BCUT2D eigenvalue weighted by Gasteiger charge is -2.27. The summed E-state index contributed by atoms with van der Waals surface area (Å²) in [4.78, 5) is 22.1. The van der Waals surface area contributed by atoms with Crippen molar-refractivity contribution in [3.8, 4) is 0 Å². The van der Waals surface area contributed by atoms with Crippen LogP contribution in [0, 0.1) is 11.3 Å². The van der Waals surface area contributed by atoms with E-state index in [0.717, 1.165) is 27.0 Å². The van der Waals surface area contributed by atoms with E-state index in [0.29, 0.717) is 0 Å². The van der Waals surface area contributed by atoms with Gasteiger partial charge in [0.25, 0.3) is 0 Å². The van der Waals surface area contributed by atoms with Gasteiger partial charge in [-0.25, -0.2) is 4.79 Å². The molecule has 1 aliphatic rings. The van der Waals surface area contributed by atoms with Gasteiger partial charge in [-0.1, -0.05) is 38.1 Å². The molecular weight excluding hydrogens is 452 g/mol. The van der Waals surface area contributed by atoms with E-state index >= 15 is 0 Å². The van der Waals surface area contributed by atoms with Crippen molar-refractivity contribution >= 4 is 55.9 Å². The molecule has 10 heteroatoms. The number of thiophene rings is 1. The fraction of sp³-hybridized carbons (Fsp3) is 0.300. The molecule has 30 heavy (non-hydrogen) atoms. The number of aliphatic carboxylic acids is 2. The van der Waals surface area contributed by atoms with Gasteiger partial charge in [0, 0.05) is 10.3 Å². The minimum Gasteiger partial charge on any atom is -0.481 e. The fourth-order valence-corrected chi connectivity index (χ4v) is 4.56. The first kappa shape index (κ1) is 25.8. The van der Waals surface area contributed by atoms with Gasteiger partial charge in [0.15, 0.2) is 0 Å². The Hall–Kier alpha value is -2.20. The number of hydrogen-bond acceptors (Lipinski definition) is 5. The summed E-state index contributed by atoms with van der Waals surface area (Å²) in [6.07, 6.45) is 3.28. The molecule has 0 radical (unpaired) electrons. The quantitative estimate of drug-likeness (QED) is 0.550. The topological polar surface area (TPSA) is 129 Å². The zero-order valence-electron chi connectivity index (χ0n) is 16.5. The molecular formula is C20H23ClO7S2. The zero-order valence-corrected chi connectivity index (χ0v) is 19.0. The summed E-state index contributed by atoms with van der Waals surface area (Å²) in [5.41, 5.74) is -0.174. The minimum absolute atomic E-state index is 0. The third-order valence-electron chi connectivity index (χ3n) is 4.47. The summed E-state index contributed by atoms with van der Waals surface area (Å²) < 4.78 is 31.2. The second-order valence-corrected chi connectivity index (χ2v) is 9.98. The van der Waals surface area contributed by atoms with Crippen LogP contribution >= 0.6 is 23.7 Å². The predicted octanol–water partition coefficient (Wildman–Crippen LogP) is 4.64. The number of fused-ring (bicyclic) bond motifs is 1. The van der Waals surface area contributed by atoms with Crippen molar-refractivity contribution in [1.82, 2.24) is 0 Å². The zero-order chi connectivity index (χ0) is 22.0. The highest BCUT2D eigenvalue weighted by atomic mass is 35.5. The standard InChI is InChI=1S/C12H16O4.C8H6O3S2.ClH/c1-7(2)8-4-9(10(13)14)6-12(3,5-8)11(15)16;9-13(10,11)8-5-6-3-1-2-4-7(6)12-8;/h4-5,7H,6H2,1-3H3,(H,13,14)(H,15,16);1-5H,(H,9,10,11);1H. The van der Waals surface area contributed by atoms with Crippen LogP contribution in [0.3, 0.4) is 0 Å². The largest absolute Gasteiger partial charge is 0.481 e. The van der Waals surface area contributed by atoms with E-state index in [4.69, 9.17) is 14.8 Å². The van der Waals surface area contributed by atoms with E-state index in [1.165, 1.54) is 6.07 Å². The summed E-state index contributed by atoms with van der Waals surface area (Å²) in [5, 5.41) is 18.9. The van der Waals surface area contributed by atoms with E-state index in [1.54, 1.807) is 25.1 Å². The Kier molecular flexibility index (Phi) is 8.39. The first-order valence-electron chi connectivity index (χ1n) is 8.69. The lowest BCUT2D eigenvalue weighted by atomic mass is 9.76. The van der Waals surface area contributed by atoms with Crippen LogP contribution in [0.25, 0.3) is 10.1 Å². The molecule has 1 aliphatic carbocycles. The Bertz CT molecular complexity index is 1080. The molecule has 1 aromatic heterocycles. The number of carboxylic acids is 2. The summed E-state index contributed by atoms with van der Waals surface area (Å²) in [6, 6.07) is 8.74. The molecule has 0 saturated carbocycles. The molecule has 3 N–H and O–H groups in total. The van der Waals surface area contributed by atoms with Gasteiger partial charge in [-0.2, -0.15) is 8.42 Å². The Morgan fingerprint density at radius 1 is 1.17 bits per heavy atom. The lowest BCUT2D eigenvalue weighted by Crippen LogP contribution is -2.30. The molecule has 1 aromatic carbocycles. The molecule has 2 aromatic rings. The van der Waals surface area contributed by atoms with Crippen LogP contribution in [-0.2, 0) is 19.7 Å². The average molecular weight is 475 g/mol. The van der Waals surface area contributed by atoms with Crippen molar-refractivity contribution < 1.29 is 32.8 Å². The van der Waals surface area contributed by atoms with E-state index in [2.05, 4.69) is 0 Å². The fourth-order valence-electron chi connectivity index (χ4n) is 2.80. The molecule has 1 heterocycles. The highest BCUT2D eigenvalue weighted by molar-refractivity contribution is 7.88. The molecule has 0 aliphatic heterocycles. The molecule has 3 rings (SSSR count). The molecule has 0 bridgehead atoms. The van der Waals surface area contributed by atoms with Gasteiger partial charge in [-0.05, 0) is 48.4 Å². The number of rotatable bonds is 4. The van der Waals surface area contributed by atoms with Crippen molar-refractivity contribution in [3.63, 3.8) is 0 Å². The van der Waals surface area contributed by atoms with E-state index in [9.17, 15) is 18.0 Å². The molecule has 0 amide bonds. The first-order chi connectivity index (χ1) is 13.3. The van der Waals surface area contributed by atoms with Crippen molar-refractivity contribution in [2.45, 2.75) is 31.4 Å². The van der Waals surface area contributed by atoms with Crippen LogP contribution in [0.1, 0.15) is 27.2 Å². The summed E-state index contributed by atoms with van der Waals surface area (Å²) in [6.45, 7) is 5.37. The molecule has 1 unspecified atom stereocenters. The molecule has 0 spiro atoms. The maximum Gasteiger partial charge on any atom is 0.331 e. The third-order valence-corrected chi connectivity index (χ3v) is 6.89. The third kappa shape index (κ3) is 6.15. The van der Waals surface area contributed by atoms with Gasteiger partial charge in [0.05, 0.1) is 5.41 Å².